The zero-order valence-electron chi connectivity index (χ0n) is 16.9. The second-order valence-corrected chi connectivity index (χ2v) is 8.18. The van der Waals surface area contributed by atoms with Crippen LogP contribution in [0.4, 0.5) is 0 Å². The maximum Gasteiger partial charge on any atom is 0.308 e. The van der Waals surface area contributed by atoms with Gasteiger partial charge in [-0.15, -0.1) is 0 Å². The molecule has 5 heteroatoms. The molecule has 0 bridgehead atoms. The summed E-state index contributed by atoms with van der Waals surface area (Å²) in [6, 6.07) is 16.8. The van der Waals surface area contributed by atoms with Gasteiger partial charge in [-0.1, -0.05) is 67.6 Å². The van der Waals surface area contributed by atoms with Crippen LogP contribution in [0.15, 0.2) is 58.9 Å². The Bertz CT molecular complexity index is 906. The highest BCUT2D eigenvalue weighted by atomic mass is 16.5. The largest absolute Gasteiger partial charge is 0.457 e. The van der Waals surface area contributed by atoms with E-state index in [-0.39, 0.29) is 36.1 Å². The molecule has 2 aliphatic rings. The lowest BCUT2D eigenvalue weighted by Gasteiger charge is -2.34. The SMILES string of the molecule is CC(C)C(=O)OC1Cc2ccccc2C2C(N=NN2C(C)C)c2ccccc21. The van der Waals surface area contributed by atoms with Crippen LogP contribution in [0.5, 0.6) is 0 Å². The number of carbonyl (C=O) groups is 1. The van der Waals surface area contributed by atoms with E-state index >= 15 is 0 Å². The van der Waals surface area contributed by atoms with Crippen molar-refractivity contribution in [3.8, 4) is 0 Å². The standard InChI is InChI=1S/C23H27N3O2/c1-14(2)23(27)28-20-13-16-9-5-6-10-17(16)22-21(24-25-26(22)15(3)4)19-12-8-7-11-18(19)20/h5-12,14-15,20-22H,13H2,1-4H3. The average Bonchev–Trinajstić information content (AvgIpc) is 3.11. The van der Waals surface area contributed by atoms with Crippen LogP contribution in [-0.2, 0) is 16.0 Å². The van der Waals surface area contributed by atoms with Crippen LogP contribution in [0.1, 0.15) is 68.1 Å². The van der Waals surface area contributed by atoms with E-state index in [0.29, 0.717) is 6.42 Å². The van der Waals surface area contributed by atoms with Gasteiger partial charge in [0, 0.05) is 12.5 Å². The lowest BCUT2D eigenvalue weighted by molar-refractivity contribution is -0.153. The van der Waals surface area contributed by atoms with Crippen molar-refractivity contribution in [2.75, 3.05) is 0 Å². The molecule has 146 valence electrons. The summed E-state index contributed by atoms with van der Waals surface area (Å²) in [4.78, 5) is 12.4. The Morgan fingerprint density at radius 2 is 1.64 bits per heavy atom. The first-order chi connectivity index (χ1) is 13.5. The molecule has 2 aromatic carbocycles. The number of fused-ring (bicyclic) bond motifs is 5. The Balaban J connectivity index is 1.86. The molecule has 0 aromatic heterocycles. The Morgan fingerprint density at radius 3 is 2.32 bits per heavy atom. The third kappa shape index (κ3) is 3.19. The van der Waals surface area contributed by atoms with Gasteiger partial charge in [-0.25, -0.2) is 0 Å². The molecule has 1 aliphatic heterocycles. The summed E-state index contributed by atoms with van der Waals surface area (Å²) in [7, 11) is 0. The zero-order chi connectivity index (χ0) is 19.8. The van der Waals surface area contributed by atoms with Gasteiger partial charge in [0.05, 0.1) is 5.92 Å². The van der Waals surface area contributed by atoms with E-state index in [0.717, 1.165) is 11.1 Å². The molecule has 0 saturated heterocycles. The van der Waals surface area contributed by atoms with Crippen LogP contribution in [0.3, 0.4) is 0 Å². The summed E-state index contributed by atoms with van der Waals surface area (Å²) in [6.07, 6.45) is 0.331. The van der Waals surface area contributed by atoms with Crippen LogP contribution in [0.25, 0.3) is 0 Å². The van der Waals surface area contributed by atoms with Crippen molar-refractivity contribution in [3.05, 3.63) is 70.8 Å². The minimum Gasteiger partial charge on any atom is -0.457 e. The fourth-order valence-electron chi connectivity index (χ4n) is 4.12. The van der Waals surface area contributed by atoms with Crippen LogP contribution in [0, 0.1) is 5.92 Å². The van der Waals surface area contributed by atoms with Gasteiger partial charge in [0.25, 0.3) is 0 Å². The molecule has 3 atom stereocenters. The predicted molar refractivity (Wildman–Crippen MR) is 108 cm³/mol. The molecule has 1 aliphatic carbocycles. The van der Waals surface area contributed by atoms with Gasteiger partial charge >= 0.3 is 5.97 Å². The van der Waals surface area contributed by atoms with Crippen LogP contribution in [0.2, 0.25) is 0 Å². The van der Waals surface area contributed by atoms with Crippen molar-refractivity contribution in [1.29, 1.82) is 0 Å². The maximum atomic E-state index is 12.4. The van der Waals surface area contributed by atoms with Crippen LogP contribution >= 0.6 is 0 Å². The molecule has 0 amide bonds. The summed E-state index contributed by atoms with van der Waals surface area (Å²) in [5, 5.41) is 11.3. The van der Waals surface area contributed by atoms with Crippen LogP contribution in [-0.4, -0.2) is 17.0 Å². The Labute approximate surface area is 166 Å². The average molecular weight is 377 g/mol. The molecule has 0 fully saturated rings. The molecule has 28 heavy (non-hydrogen) atoms. The first kappa shape index (κ1) is 18.7. The number of hydrogen-bond donors (Lipinski definition) is 0. The third-order valence-electron chi connectivity index (χ3n) is 5.56. The van der Waals surface area contributed by atoms with Gasteiger partial charge < -0.3 is 4.74 Å². The van der Waals surface area contributed by atoms with Crippen LogP contribution < -0.4 is 0 Å². The molecule has 0 radical (unpaired) electrons. The fourth-order valence-corrected chi connectivity index (χ4v) is 4.12. The van der Waals surface area contributed by atoms with E-state index in [4.69, 9.17) is 4.74 Å². The topological polar surface area (TPSA) is 54.3 Å². The minimum absolute atomic E-state index is 0.0547. The summed E-state index contributed by atoms with van der Waals surface area (Å²) >= 11 is 0. The molecule has 0 saturated carbocycles. The van der Waals surface area contributed by atoms with Gasteiger partial charge in [0.2, 0.25) is 0 Å². The third-order valence-corrected chi connectivity index (χ3v) is 5.56. The van der Waals surface area contributed by atoms with Crippen molar-refractivity contribution in [2.45, 2.75) is 58.3 Å². The monoisotopic (exact) mass is 377 g/mol. The van der Waals surface area contributed by atoms with Crippen molar-refractivity contribution in [2.24, 2.45) is 16.3 Å². The Morgan fingerprint density at radius 1 is 1.00 bits per heavy atom. The summed E-state index contributed by atoms with van der Waals surface area (Å²) < 4.78 is 5.97. The molecule has 0 spiro atoms. The highest BCUT2D eigenvalue weighted by molar-refractivity contribution is 5.72. The Kier molecular flexibility index (Phi) is 4.92. The summed E-state index contributed by atoms with van der Waals surface area (Å²) in [6.45, 7) is 8.02. The van der Waals surface area contributed by atoms with E-state index in [1.54, 1.807) is 0 Å². The molecular formula is C23H27N3O2. The summed E-state index contributed by atoms with van der Waals surface area (Å²) in [5.41, 5.74) is 4.53. The highest BCUT2D eigenvalue weighted by Gasteiger charge is 2.41. The first-order valence-corrected chi connectivity index (χ1v) is 10.0. The molecule has 1 heterocycles. The minimum atomic E-state index is -0.323. The second-order valence-electron chi connectivity index (χ2n) is 8.18. The van der Waals surface area contributed by atoms with Crippen molar-refractivity contribution < 1.29 is 9.53 Å². The molecule has 0 N–H and O–H groups in total. The fraction of sp³-hybridized carbons (Fsp3) is 0.435. The Hall–Kier alpha value is -2.69. The smallest absolute Gasteiger partial charge is 0.308 e. The predicted octanol–water partition coefficient (Wildman–Crippen LogP) is 5.36. The molecule has 3 unspecified atom stereocenters. The number of nitrogens with zero attached hydrogens (tertiary/aromatic N) is 3. The molecular weight excluding hydrogens is 350 g/mol. The zero-order valence-corrected chi connectivity index (χ0v) is 16.9. The van der Waals surface area contributed by atoms with Gasteiger partial charge in [0.1, 0.15) is 18.2 Å². The number of rotatable bonds is 3. The van der Waals surface area contributed by atoms with E-state index < -0.39 is 0 Å². The van der Waals surface area contributed by atoms with E-state index in [1.165, 1.54) is 11.1 Å². The van der Waals surface area contributed by atoms with Gasteiger partial charge in [-0.2, -0.15) is 5.11 Å². The van der Waals surface area contributed by atoms with E-state index in [9.17, 15) is 4.79 Å². The number of benzene rings is 2. The normalized spacial score (nSPS) is 23.1. The highest BCUT2D eigenvalue weighted by Crippen LogP contribution is 2.48. The molecule has 2 aromatic rings. The van der Waals surface area contributed by atoms with Crippen molar-refractivity contribution >= 4 is 5.97 Å². The summed E-state index contributed by atoms with van der Waals surface area (Å²) in [5.74, 6) is -0.338. The molecule has 4 rings (SSSR count). The number of carbonyl (C=O) groups excluding carboxylic acids is 1. The van der Waals surface area contributed by atoms with Crippen molar-refractivity contribution in [3.63, 3.8) is 0 Å². The molecule has 5 nitrogen and oxygen atoms in total. The number of hydrogen-bond acceptors (Lipinski definition) is 5. The van der Waals surface area contributed by atoms with Gasteiger partial charge in [-0.3, -0.25) is 9.80 Å². The van der Waals surface area contributed by atoms with Gasteiger partial charge in [-0.05, 0) is 36.1 Å². The van der Waals surface area contributed by atoms with Crippen molar-refractivity contribution in [1.82, 2.24) is 5.01 Å². The lowest BCUT2D eigenvalue weighted by Crippen LogP contribution is -2.32. The van der Waals surface area contributed by atoms with E-state index in [1.807, 2.05) is 32.0 Å². The maximum absolute atomic E-state index is 12.4. The van der Waals surface area contributed by atoms with E-state index in [2.05, 4.69) is 59.5 Å². The number of esters is 1. The first-order valence-electron chi connectivity index (χ1n) is 10.0. The number of ether oxygens (including phenoxy) is 1. The van der Waals surface area contributed by atoms with Gasteiger partial charge in [0.15, 0.2) is 0 Å². The quantitative estimate of drug-likeness (QED) is 0.677. The second kappa shape index (κ2) is 7.38. The lowest BCUT2D eigenvalue weighted by atomic mass is 9.81.